The Kier molecular flexibility index (Phi) is 9.25. The Labute approximate surface area is 160 Å². The van der Waals surface area contributed by atoms with Crippen LogP contribution in [0.25, 0.3) is 0 Å². The van der Waals surface area contributed by atoms with Crippen LogP contribution in [0.3, 0.4) is 0 Å². The fourth-order valence-corrected chi connectivity index (χ4v) is 2.91. The van der Waals surface area contributed by atoms with E-state index < -0.39 is 6.04 Å². The summed E-state index contributed by atoms with van der Waals surface area (Å²) in [6.07, 6.45) is 0. The molecule has 1 aromatic carbocycles. The quantitative estimate of drug-likeness (QED) is 0.683. The molecule has 0 fully saturated rings. The van der Waals surface area contributed by atoms with Crippen LogP contribution in [0.15, 0.2) is 18.2 Å². The molecule has 5 nitrogen and oxygen atoms in total. The zero-order chi connectivity index (χ0) is 19.0. The van der Waals surface area contributed by atoms with E-state index in [4.69, 9.17) is 23.2 Å². The highest BCUT2D eigenvalue weighted by Gasteiger charge is 2.25. The van der Waals surface area contributed by atoms with Crippen molar-refractivity contribution in [3.8, 4) is 0 Å². The molecular formula is C18H27Cl2N3O2. The molecule has 0 heterocycles. The summed E-state index contributed by atoms with van der Waals surface area (Å²) in [5.41, 5.74) is 0.299. The molecular weight excluding hydrogens is 361 g/mol. The molecule has 1 atom stereocenters. The van der Waals surface area contributed by atoms with Gasteiger partial charge < -0.3 is 15.5 Å². The van der Waals surface area contributed by atoms with Gasteiger partial charge in [0.25, 0.3) is 5.91 Å². The Balaban J connectivity index is 2.69. The number of amides is 2. The first-order valence-electron chi connectivity index (χ1n) is 8.56. The van der Waals surface area contributed by atoms with Crippen LogP contribution in [0.2, 0.25) is 10.0 Å². The summed E-state index contributed by atoms with van der Waals surface area (Å²) >= 11 is 11.9. The van der Waals surface area contributed by atoms with Crippen molar-refractivity contribution in [3.63, 3.8) is 0 Å². The second kappa shape index (κ2) is 10.6. The second-order valence-electron chi connectivity index (χ2n) is 6.14. The van der Waals surface area contributed by atoms with Gasteiger partial charge in [-0.15, -0.1) is 0 Å². The van der Waals surface area contributed by atoms with E-state index in [9.17, 15) is 9.59 Å². The minimum Gasteiger partial charge on any atom is -0.353 e. The van der Waals surface area contributed by atoms with E-state index in [-0.39, 0.29) is 22.8 Å². The minimum absolute atomic E-state index is 0.0523. The molecule has 0 aliphatic rings. The van der Waals surface area contributed by atoms with E-state index in [0.29, 0.717) is 17.1 Å². The molecule has 0 spiro atoms. The Morgan fingerprint density at radius 2 is 1.80 bits per heavy atom. The predicted molar refractivity (Wildman–Crippen MR) is 103 cm³/mol. The van der Waals surface area contributed by atoms with Gasteiger partial charge in [0.15, 0.2) is 0 Å². The number of hydrogen-bond acceptors (Lipinski definition) is 3. The van der Waals surface area contributed by atoms with Crippen molar-refractivity contribution in [1.29, 1.82) is 0 Å². The molecule has 2 N–H and O–H groups in total. The van der Waals surface area contributed by atoms with Gasteiger partial charge in [0.05, 0.1) is 10.6 Å². The largest absolute Gasteiger partial charge is 0.353 e. The molecule has 0 aliphatic heterocycles. The average Bonchev–Trinajstić information content (AvgIpc) is 2.55. The molecule has 1 aromatic rings. The first-order valence-corrected chi connectivity index (χ1v) is 9.31. The van der Waals surface area contributed by atoms with Crippen LogP contribution >= 0.6 is 23.2 Å². The number of carbonyl (C=O) groups excluding carboxylic acids is 2. The smallest absolute Gasteiger partial charge is 0.253 e. The van der Waals surface area contributed by atoms with Crippen molar-refractivity contribution in [3.05, 3.63) is 33.8 Å². The van der Waals surface area contributed by atoms with Crippen LogP contribution in [0.1, 0.15) is 38.1 Å². The first kappa shape index (κ1) is 21.7. The van der Waals surface area contributed by atoms with Crippen LogP contribution in [-0.4, -0.2) is 48.9 Å². The number of carbonyl (C=O) groups is 2. The molecule has 7 heteroatoms. The standard InChI is InChI=1S/C18H27Cl2N3O2/c1-5-23(6-2)10-9-21-18(25)16(12(3)4)22-17(24)14-8-7-13(19)11-15(14)20/h7-8,11-12,16H,5-6,9-10H2,1-4H3,(H,21,25)(H,22,24). The Hall–Kier alpha value is -1.30. The van der Waals surface area contributed by atoms with Crippen molar-refractivity contribution < 1.29 is 9.59 Å². The van der Waals surface area contributed by atoms with Crippen LogP contribution in [0.4, 0.5) is 0 Å². The molecule has 0 aromatic heterocycles. The zero-order valence-electron chi connectivity index (χ0n) is 15.2. The summed E-state index contributed by atoms with van der Waals surface area (Å²) in [7, 11) is 0. The summed E-state index contributed by atoms with van der Waals surface area (Å²) in [5.74, 6) is -0.636. The van der Waals surface area contributed by atoms with E-state index >= 15 is 0 Å². The molecule has 0 radical (unpaired) electrons. The summed E-state index contributed by atoms with van der Waals surface area (Å²) in [5, 5.41) is 6.37. The van der Waals surface area contributed by atoms with Crippen LogP contribution in [0, 0.1) is 5.92 Å². The lowest BCUT2D eigenvalue weighted by Gasteiger charge is -2.23. The summed E-state index contributed by atoms with van der Waals surface area (Å²) in [6, 6.07) is 4.02. The van der Waals surface area contributed by atoms with Crippen molar-refractivity contribution in [2.45, 2.75) is 33.7 Å². The van der Waals surface area contributed by atoms with Crippen molar-refractivity contribution in [2.24, 2.45) is 5.92 Å². The lowest BCUT2D eigenvalue weighted by Crippen LogP contribution is -2.50. The molecule has 140 valence electrons. The molecule has 2 amide bonds. The second-order valence-corrected chi connectivity index (χ2v) is 6.98. The average molecular weight is 388 g/mol. The van der Waals surface area contributed by atoms with Crippen molar-refractivity contribution >= 4 is 35.0 Å². The highest BCUT2D eigenvalue weighted by atomic mass is 35.5. The van der Waals surface area contributed by atoms with Gasteiger partial charge in [-0.2, -0.15) is 0 Å². The monoisotopic (exact) mass is 387 g/mol. The topological polar surface area (TPSA) is 61.4 Å². The van der Waals surface area contributed by atoms with Gasteiger partial charge in [-0.25, -0.2) is 0 Å². The van der Waals surface area contributed by atoms with Gasteiger partial charge in [-0.05, 0) is 37.2 Å². The van der Waals surface area contributed by atoms with E-state index in [1.54, 1.807) is 12.1 Å². The van der Waals surface area contributed by atoms with Crippen LogP contribution < -0.4 is 10.6 Å². The van der Waals surface area contributed by atoms with E-state index in [1.165, 1.54) is 6.07 Å². The number of rotatable bonds is 9. The van der Waals surface area contributed by atoms with Gasteiger partial charge >= 0.3 is 0 Å². The number of benzene rings is 1. The third-order valence-corrected chi connectivity index (χ3v) is 4.58. The lowest BCUT2D eigenvalue weighted by atomic mass is 10.0. The number of nitrogens with one attached hydrogen (secondary N) is 2. The Bertz CT molecular complexity index is 590. The van der Waals surface area contributed by atoms with E-state index in [2.05, 4.69) is 29.4 Å². The summed E-state index contributed by atoms with van der Waals surface area (Å²) in [4.78, 5) is 27.1. The molecule has 0 aliphatic carbocycles. The normalized spacial score (nSPS) is 12.3. The number of nitrogens with zero attached hydrogens (tertiary/aromatic N) is 1. The molecule has 1 rings (SSSR count). The van der Waals surface area contributed by atoms with Gasteiger partial charge in [0.1, 0.15) is 6.04 Å². The summed E-state index contributed by atoms with van der Waals surface area (Å²) < 4.78 is 0. The molecule has 0 saturated carbocycles. The lowest BCUT2D eigenvalue weighted by molar-refractivity contribution is -0.124. The van der Waals surface area contributed by atoms with E-state index in [0.717, 1.165) is 19.6 Å². The SMILES string of the molecule is CCN(CC)CCNC(=O)C(NC(=O)c1ccc(Cl)cc1Cl)C(C)C. The maximum Gasteiger partial charge on any atom is 0.253 e. The number of hydrogen-bond donors (Lipinski definition) is 2. The maximum absolute atomic E-state index is 12.5. The fourth-order valence-electron chi connectivity index (χ4n) is 2.41. The first-order chi connectivity index (χ1) is 11.8. The highest BCUT2D eigenvalue weighted by Crippen LogP contribution is 2.21. The molecule has 0 saturated heterocycles. The van der Waals surface area contributed by atoms with Gasteiger partial charge in [0.2, 0.25) is 5.91 Å². The van der Waals surface area contributed by atoms with Crippen molar-refractivity contribution in [1.82, 2.24) is 15.5 Å². The number of halogens is 2. The highest BCUT2D eigenvalue weighted by molar-refractivity contribution is 6.36. The van der Waals surface area contributed by atoms with Gasteiger partial charge in [-0.1, -0.05) is 50.9 Å². The predicted octanol–water partition coefficient (Wildman–Crippen LogP) is 3.21. The van der Waals surface area contributed by atoms with Gasteiger partial charge in [-0.3, -0.25) is 9.59 Å². The zero-order valence-corrected chi connectivity index (χ0v) is 16.7. The fraction of sp³-hybridized carbons (Fsp3) is 0.556. The summed E-state index contributed by atoms with van der Waals surface area (Å²) in [6.45, 7) is 11.1. The molecule has 1 unspecified atom stereocenters. The van der Waals surface area contributed by atoms with Gasteiger partial charge in [0, 0.05) is 18.1 Å². The molecule has 25 heavy (non-hydrogen) atoms. The Morgan fingerprint density at radius 3 is 2.32 bits per heavy atom. The third-order valence-electron chi connectivity index (χ3n) is 4.03. The minimum atomic E-state index is -0.629. The molecule has 0 bridgehead atoms. The maximum atomic E-state index is 12.5. The van der Waals surface area contributed by atoms with Crippen LogP contribution in [0.5, 0.6) is 0 Å². The third kappa shape index (κ3) is 6.84. The van der Waals surface area contributed by atoms with Crippen molar-refractivity contribution in [2.75, 3.05) is 26.2 Å². The van der Waals surface area contributed by atoms with E-state index in [1.807, 2.05) is 13.8 Å². The Morgan fingerprint density at radius 1 is 1.16 bits per heavy atom. The number of likely N-dealkylation sites (N-methyl/N-ethyl adjacent to an activating group) is 1. The van der Waals surface area contributed by atoms with Crippen LogP contribution in [-0.2, 0) is 4.79 Å².